The van der Waals surface area contributed by atoms with E-state index in [1.807, 2.05) is 43.3 Å². The first-order valence-corrected chi connectivity index (χ1v) is 10.3. The van der Waals surface area contributed by atoms with Crippen LogP contribution in [0, 0.1) is 0 Å². The van der Waals surface area contributed by atoms with E-state index < -0.39 is 4.75 Å². The van der Waals surface area contributed by atoms with Gasteiger partial charge in [0.1, 0.15) is 0 Å². The summed E-state index contributed by atoms with van der Waals surface area (Å²) in [5, 5.41) is 0.644. The number of anilines is 1. The third kappa shape index (κ3) is 3.82. The van der Waals surface area contributed by atoms with Crippen molar-refractivity contribution >= 4 is 40.9 Å². The van der Waals surface area contributed by atoms with Gasteiger partial charge in [-0.25, -0.2) is 0 Å². The lowest BCUT2D eigenvalue weighted by atomic mass is 10.0. The van der Waals surface area contributed by atoms with E-state index in [1.165, 1.54) is 11.8 Å². The summed E-state index contributed by atoms with van der Waals surface area (Å²) in [6.45, 7) is 8.68. The first-order chi connectivity index (χ1) is 13.4. The summed E-state index contributed by atoms with van der Waals surface area (Å²) >= 11 is 7.29. The molecule has 0 aliphatic carbocycles. The number of carbonyl (C=O) groups excluding carboxylic acids is 2. The molecule has 6 heteroatoms. The number of hydrogen-bond donors (Lipinski definition) is 0. The second-order valence-corrected chi connectivity index (χ2v) is 8.65. The monoisotopic (exact) mass is 414 g/mol. The van der Waals surface area contributed by atoms with Crippen LogP contribution in [-0.2, 0) is 16.1 Å². The molecule has 0 saturated heterocycles. The number of amides is 2. The van der Waals surface area contributed by atoms with Crippen LogP contribution in [0.3, 0.4) is 0 Å². The second kappa shape index (κ2) is 8.41. The zero-order valence-corrected chi connectivity index (χ0v) is 17.6. The molecule has 0 N–H and O–H groups in total. The molecule has 1 heterocycles. The summed E-state index contributed by atoms with van der Waals surface area (Å²) < 4.78 is -1.22. The predicted molar refractivity (Wildman–Crippen MR) is 116 cm³/mol. The Labute approximate surface area is 175 Å². The van der Waals surface area contributed by atoms with Crippen molar-refractivity contribution in [3.05, 3.63) is 71.8 Å². The summed E-state index contributed by atoms with van der Waals surface area (Å²) in [6.07, 6.45) is 1.68. The molecular weight excluding hydrogens is 392 g/mol. The van der Waals surface area contributed by atoms with Gasteiger partial charge in [0.2, 0.25) is 5.91 Å². The van der Waals surface area contributed by atoms with Crippen molar-refractivity contribution in [2.45, 2.75) is 30.0 Å². The van der Waals surface area contributed by atoms with Crippen LogP contribution in [0.25, 0.3) is 0 Å². The van der Waals surface area contributed by atoms with Crippen molar-refractivity contribution in [1.82, 2.24) is 4.90 Å². The number of nitrogens with zero attached hydrogens (tertiary/aromatic N) is 2. The molecule has 1 aliphatic rings. The molecular formula is C22H23ClN2O2S. The SMILES string of the molecule is C=CCN(Cc1ccc(Cl)cc1)C(=O)C1(C)Sc2ccccc2N(CC)C1=O. The fourth-order valence-electron chi connectivity index (χ4n) is 3.33. The molecule has 0 bridgehead atoms. The van der Waals surface area contributed by atoms with Crippen molar-refractivity contribution in [2.24, 2.45) is 0 Å². The number of fused-ring (bicyclic) bond motifs is 1. The van der Waals surface area contributed by atoms with Crippen LogP contribution in [0.5, 0.6) is 0 Å². The second-order valence-electron chi connectivity index (χ2n) is 6.75. The summed E-state index contributed by atoms with van der Waals surface area (Å²) in [6, 6.07) is 15.1. The molecule has 0 aromatic heterocycles. The predicted octanol–water partition coefficient (Wildman–Crippen LogP) is 4.77. The summed E-state index contributed by atoms with van der Waals surface area (Å²) in [4.78, 5) is 31.1. The van der Waals surface area contributed by atoms with Gasteiger partial charge in [-0.1, -0.05) is 53.7 Å². The zero-order chi connectivity index (χ0) is 20.3. The highest BCUT2D eigenvalue weighted by atomic mass is 35.5. The van der Waals surface area contributed by atoms with Crippen LogP contribution in [0.15, 0.2) is 66.1 Å². The Kier molecular flexibility index (Phi) is 6.16. The van der Waals surface area contributed by atoms with Crippen molar-refractivity contribution < 1.29 is 9.59 Å². The Morgan fingerprint density at radius 3 is 2.57 bits per heavy atom. The fraction of sp³-hybridized carbons (Fsp3) is 0.273. The number of para-hydroxylation sites is 1. The standard InChI is InChI=1S/C22H23ClN2O2S/c1-4-14-24(15-16-10-12-17(23)13-11-16)20(26)22(3)21(27)25(5-2)18-8-6-7-9-19(18)28-22/h4,6-13H,1,5,14-15H2,2-3H3. The van der Waals surface area contributed by atoms with Crippen molar-refractivity contribution in [3.63, 3.8) is 0 Å². The Balaban J connectivity index is 1.94. The first kappa shape index (κ1) is 20.5. The molecule has 1 unspecified atom stereocenters. The number of benzene rings is 2. The molecule has 1 aliphatic heterocycles. The van der Waals surface area contributed by atoms with E-state index in [-0.39, 0.29) is 11.8 Å². The molecule has 0 fully saturated rings. The quantitative estimate of drug-likeness (QED) is 0.504. The van der Waals surface area contributed by atoms with E-state index in [1.54, 1.807) is 34.9 Å². The van der Waals surface area contributed by atoms with Gasteiger partial charge >= 0.3 is 0 Å². The minimum absolute atomic E-state index is 0.186. The first-order valence-electron chi connectivity index (χ1n) is 9.15. The zero-order valence-electron chi connectivity index (χ0n) is 16.0. The van der Waals surface area contributed by atoms with Crippen LogP contribution >= 0.6 is 23.4 Å². The summed E-state index contributed by atoms with van der Waals surface area (Å²) in [5.74, 6) is -0.404. The molecule has 4 nitrogen and oxygen atoms in total. The van der Waals surface area contributed by atoms with Gasteiger partial charge in [-0.15, -0.1) is 6.58 Å². The lowest BCUT2D eigenvalue weighted by Gasteiger charge is -2.40. The largest absolute Gasteiger partial charge is 0.333 e. The molecule has 1 atom stereocenters. The number of carbonyl (C=O) groups is 2. The maximum Gasteiger partial charge on any atom is 0.252 e. The normalized spacial score (nSPS) is 18.5. The highest BCUT2D eigenvalue weighted by Crippen LogP contribution is 2.46. The number of rotatable bonds is 6. The van der Waals surface area contributed by atoms with Gasteiger partial charge < -0.3 is 9.80 Å². The molecule has 28 heavy (non-hydrogen) atoms. The third-order valence-electron chi connectivity index (χ3n) is 4.77. The number of halogens is 1. The highest BCUT2D eigenvalue weighted by molar-refractivity contribution is 8.02. The minimum atomic E-state index is -1.22. The molecule has 0 radical (unpaired) electrons. The summed E-state index contributed by atoms with van der Waals surface area (Å²) in [5.41, 5.74) is 1.81. The molecule has 0 saturated carbocycles. The van der Waals surface area contributed by atoms with Crippen molar-refractivity contribution in [1.29, 1.82) is 0 Å². The molecule has 0 spiro atoms. The summed E-state index contributed by atoms with van der Waals surface area (Å²) in [7, 11) is 0. The van der Waals surface area contributed by atoms with Gasteiger partial charge in [0.05, 0.1) is 5.69 Å². The van der Waals surface area contributed by atoms with E-state index in [4.69, 9.17) is 11.6 Å². The van der Waals surface area contributed by atoms with Gasteiger partial charge in [-0.2, -0.15) is 0 Å². The average Bonchev–Trinajstić information content (AvgIpc) is 2.70. The Bertz CT molecular complexity index is 900. The van der Waals surface area contributed by atoms with E-state index in [0.717, 1.165) is 16.1 Å². The maximum absolute atomic E-state index is 13.5. The van der Waals surface area contributed by atoms with Crippen LogP contribution < -0.4 is 4.90 Å². The Hall–Kier alpha value is -2.24. The highest BCUT2D eigenvalue weighted by Gasteiger charge is 2.50. The van der Waals surface area contributed by atoms with E-state index in [2.05, 4.69) is 6.58 Å². The van der Waals surface area contributed by atoms with Gasteiger partial charge in [-0.3, -0.25) is 9.59 Å². The fourth-order valence-corrected chi connectivity index (χ4v) is 4.74. The third-order valence-corrected chi connectivity index (χ3v) is 6.35. The van der Waals surface area contributed by atoms with E-state index in [9.17, 15) is 9.59 Å². The average molecular weight is 415 g/mol. The molecule has 2 aromatic carbocycles. The van der Waals surface area contributed by atoms with Crippen LogP contribution in [0.2, 0.25) is 5.02 Å². The molecule has 3 rings (SSSR count). The van der Waals surface area contributed by atoms with Crippen LogP contribution in [0.4, 0.5) is 5.69 Å². The van der Waals surface area contributed by atoms with Gasteiger partial charge in [-0.05, 0) is 43.7 Å². The van der Waals surface area contributed by atoms with E-state index in [0.29, 0.717) is 24.7 Å². The van der Waals surface area contributed by atoms with E-state index >= 15 is 0 Å². The maximum atomic E-state index is 13.5. The Morgan fingerprint density at radius 2 is 1.93 bits per heavy atom. The Morgan fingerprint density at radius 1 is 1.25 bits per heavy atom. The minimum Gasteiger partial charge on any atom is -0.333 e. The van der Waals surface area contributed by atoms with Crippen LogP contribution in [-0.4, -0.2) is 34.6 Å². The molecule has 146 valence electrons. The lowest BCUT2D eigenvalue weighted by molar-refractivity contribution is -0.138. The van der Waals surface area contributed by atoms with Crippen molar-refractivity contribution in [3.8, 4) is 0 Å². The van der Waals surface area contributed by atoms with Crippen molar-refractivity contribution in [2.75, 3.05) is 18.0 Å². The van der Waals surface area contributed by atoms with Gasteiger partial charge in [0.15, 0.2) is 4.75 Å². The smallest absolute Gasteiger partial charge is 0.252 e. The van der Waals surface area contributed by atoms with Gasteiger partial charge in [0.25, 0.3) is 5.91 Å². The number of thioether (sulfide) groups is 1. The number of hydrogen-bond acceptors (Lipinski definition) is 3. The molecule has 2 amide bonds. The lowest BCUT2D eigenvalue weighted by Crippen LogP contribution is -2.57. The molecule has 2 aromatic rings. The van der Waals surface area contributed by atoms with Crippen LogP contribution in [0.1, 0.15) is 19.4 Å². The topological polar surface area (TPSA) is 40.6 Å². The van der Waals surface area contributed by atoms with Gasteiger partial charge in [0, 0.05) is 29.6 Å².